The monoisotopic (exact) mass is 377 g/mol. The third-order valence-electron chi connectivity index (χ3n) is 4.89. The maximum Gasteiger partial charge on any atom is 0.408 e. The van der Waals surface area contributed by atoms with Crippen molar-refractivity contribution in [3.63, 3.8) is 0 Å². The first kappa shape index (κ1) is 21.7. The predicted octanol–water partition coefficient (Wildman–Crippen LogP) is 2.33. The Hall–Kier alpha value is -1.57. The van der Waals surface area contributed by atoms with Crippen LogP contribution >= 0.6 is 0 Å². The van der Waals surface area contributed by atoms with E-state index in [0.717, 1.165) is 16.6 Å². The van der Waals surface area contributed by atoms with Crippen LogP contribution in [0.25, 0.3) is 0 Å². The lowest BCUT2D eigenvalue weighted by atomic mass is 9.81. The molecule has 0 radical (unpaired) electrons. The van der Waals surface area contributed by atoms with E-state index in [-0.39, 0.29) is 6.04 Å². The number of hydrogen-bond acceptors (Lipinski definition) is 5. The number of ether oxygens (including phenoxy) is 2. The molecule has 1 aromatic rings. The Bertz CT molecular complexity index is 676. The average molecular weight is 377 g/mol. The van der Waals surface area contributed by atoms with Crippen molar-refractivity contribution >= 4 is 19.0 Å². The predicted molar refractivity (Wildman–Crippen MR) is 106 cm³/mol. The van der Waals surface area contributed by atoms with Crippen molar-refractivity contribution < 1.29 is 24.0 Å². The maximum atomic E-state index is 12.1. The summed E-state index contributed by atoms with van der Waals surface area (Å²) in [6.07, 6.45) is -0.455. The molecule has 0 fully saturated rings. The van der Waals surface area contributed by atoms with Crippen LogP contribution in [-0.2, 0) is 20.7 Å². The van der Waals surface area contributed by atoms with Crippen LogP contribution in [0.3, 0.4) is 0 Å². The summed E-state index contributed by atoms with van der Waals surface area (Å²) < 4.78 is 16.9. The molecule has 1 unspecified atom stereocenters. The van der Waals surface area contributed by atoms with Gasteiger partial charge in [0.15, 0.2) is 0 Å². The fraction of sp³-hybridized carbons (Fsp3) is 0.650. The summed E-state index contributed by atoms with van der Waals surface area (Å²) in [6, 6.07) is 5.76. The molecule has 0 bridgehead atoms. The minimum atomic E-state index is -0.952. The average Bonchev–Trinajstić information content (AvgIpc) is 2.50. The van der Waals surface area contributed by atoms with E-state index in [1.807, 2.05) is 52.8 Å². The molecule has 6 nitrogen and oxygen atoms in total. The smallest absolute Gasteiger partial charge is 0.408 e. The van der Waals surface area contributed by atoms with E-state index in [9.17, 15) is 9.90 Å². The summed E-state index contributed by atoms with van der Waals surface area (Å²) in [7, 11) is 0.383. The summed E-state index contributed by atoms with van der Waals surface area (Å²) >= 11 is 0. The van der Waals surface area contributed by atoms with Crippen LogP contribution in [0, 0.1) is 0 Å². The number of alkyl carbamates (subject to hydrolysis) is 1. The molecular weight excluding hydrogens is 345 g/mol. The molecule has 1 amide bonds. The zero-order valence-electron chi connectivity index (χ0n) is 17.5. The molecule has 0 saturated carbocycles. The second-order valence-electron chi connectivity index (χ2n) is 9.11. The summed E-state index contributed by atoms with van der Waals surface area (Å²) in [5, 5.41) is 13.1. The Morgan fingerprint density at radius 1 is 1.22 bits per heavy atom. The molecule has 7 heteroatoms. The minimum Gasteiger partial charge on any atom is -0.444 e. The molecule has 2 rings (SSSR count). The largest absolute Gasteiger partial charge is 0.444 e. The van der Waals surface area contributed by atoms with Gasteiger partial charge < -0.3 is 24.6 Å². The normalized spacial score (nSPS) is 17.9. The number of benzene rings is 1. The van der Waals surface area contributed by atoms with Crippen molar-refractivity contribution in [1.29, 1.82) is 0 Å². The van der Waals surface area contributed by atoms with Gasteiger partial charge in [-0.05, 0) is 59.6 Å². The molecule has 1 aromatic carbocycles. The molecule has 1 heterocycles. The number of rotatable bonds is 5. The Balaban J connectivity index is 2.07. The van der Waals surface area contributed by atoms with Crippen molar-refractivity contribution in [2.24, 2.45) is 0 Å². The van der Waals surface area contributed by atoms with Gasteiger partial charge in [0.05, 0.1) is 30.5 Å². The number of carbonyl (C=O) groups excluding carboxylic acids is 1. The van der Waals surface area contributed by atoms with Gasteiger partial charge in [-0.25, -0.2) is 4.79 Å². The molecule has 150 valence electrons. The number of carbonyl (C=O) groups is 1. The fourth-order valence-corrected chi connectivity index (χ4v) is 2.60. The first-order valence-electron chi connectivity index (χ1n) is 9.34. The number of aliphatic hydroxyl groups is 1. The molecule has 1 aliphatic rings. The van der Waals surface area contributed by atoms with E-state index in [1.165, 1.54) is 0 Å². The number of amides is 1. The third kappa shape index (κ3) is 5.96. The number of hydrogen-bond donors (Lipinski definition) is 2. The molecule has 1 atom stereocenters. The number of fused-ring (bicyclic) bond motifs is 1. The molecule has 0 saturated heterocycles. The van der Waals surface area contributed by atoms with Crippen molar-refractivity contribution in [3.05, 3.63) is 29.3 Å². The summed E-state index contributed by atoms with van der Waals surface area (Å²) in [5.41, 5.74) is 0.860. The van der Waals surface area contributed by atoms with Crippen LogP contribution in [0.5, 0.6) is 0 Å². The van der Waals surface area contributed by atoms with Gasteiger partial charge in [0.2, 0.25) is 0 Å². The first-order chi connectivity index (χ1) is 12.3. The third-order valence-corrected chi connectivity index (χ3v) is 4.89. The fourth-order valence-electron chi connectivity index (χ4n) is 2.60. The van der Waals surface area contributed by atoms with Gasteiger partial charge in [-0.3, -0.25) is 0 Å². The summed E-state index contributed by atoms with van der Waals surface area (Å²) in [4.78, 5) is 12.1. The highest BCUT2D eigenvalue weighted by molar-refractivity contribution is 6.47. The summed E-state index contributed by atoms with van der Waals surface area (Å²) in [6.45, 7) is 13.6. The second kappa shape index (κ2) is 7.82. The highest BCUT2D eigenvalue weighted by Crippen LogP contribution is 2.26. The highest BCUT2D eigenvalue weighted by atomic mass is 16.6. The molecule has 0 spiro atoms. The molecule has 0 aliphatic carbocycles. The Labute approximate surface area is 162 Å². The standard InChI is InChI=1S/C20H32BNO5/c1-18(2,3)26-17(23)22-16-12-25-11-13-10-14(8-9-15(13)16)21-27-20(6,7)19(4,5)24/h8-10,16,21,24H,11-12H2,1-7H3,(H,22,23). The highest BCUT2D eigenvalue weighted by Gasteiger charge is 2.35. The lowest BCUT2D eigenvalue weighted by Crippen LogP contribution is -2.49. The van der Waals surface area contributed by atoms with Crippen molar-refractivity contribution in [1.82, 2.24) is 5.32 Å². The van der Waals surface area contributed by atoms with Crippen LogP contribution in [0.1, 0.15) is 65.6 Å². The van der Waals surface area contributed by atoms with E-state index >= 15 is 0 Å². The van der Waals surface area contributed by atoms with Gasteiger partial charge in [0.25, 0.3) is 0 Å². The van der Waals surface area contributed by atoms with Crippen LogP contribution in [0.4, 0.5) is 4.79 Å². The lowest BCUT2D eigenvalue weighted by molar-refractivity contribution is -0.0893. The zero-order chi connectivity index (χ0) is 20.5. The number of nitrogens with one attached hydrogen (secondary N) is 1. The van der Waals surface area contributed by atoms with E-state index in [0.29, 0.717) is 20.7 Å². The Morgan fingerprint density at radius 3 is 2.48 bits per heavy atom. The van der Waals surface area contributed by atoms with Crippen LogP contribution in [0.2, 0.25) is 0 Å². The SMILES string of the molecule is CC(C)(C)OC(=O)NC1COCc2cc(BOC(C)(C)C(C)(C)O)ccc21. The van der Waals surface area contributed by atoms with Crippen LogP contribution in [-0.4, -0.2) is 42.1 Å². The van der Waals surface area contributed by atoms with E-state index in [4.69, 9.17) is 14.1 Å². The lowest BCUT2D eigenvalue weighted by Gasteiger charge is -2.37. The van der Waals surface area contributed by atoms with Gasteiger partial charge in [-0.2, -0.15) is 0 Å². The minimum absolute atomic E-state index is 0.244. The Morgan fingerprint density at radius 2 is 1.89 bits per heavy atom. The maximum absolute atomic E-state index is 12.1. The van der Waals surface area contributed by atoms with E-state index < -0.39 is 22.9 Å². The van der Waals surface area contributed by atoms with Gasteiger partial charge in [0, 0.05) is 0 Å². The van der Waals surface area contributed by atoms with Crippen LogP contribution < -0.4 is 10.8 Å². The van der Waals surface area contributed by atoms with Gasteiger partial charge >= 0.3 is 13.6 Å². The zero-order valence-corrected chi connectivity index (χ0v) is 17.5. The van der Waals surface area contributed by atoms with Gasteiger partial charge in [0.1, 0.15) is 5.60 Å². The molecule has 27 heavy (non-hydrogen) atoms. The second-order valence-corrected chi connectivity index (χ2v) is 9.11. The topological polar surface area (TPSA) is 77.0 Å². The molecule has 0 aromatic heterocycles. The Kier molecular flexibility index (Phi) is 6.29. The molecule has 2 N–H and O–H groups in total. The van der Waals surface area contributed by atoms with Gasteiger partial charge in [-0.1, -0.05) is 23.7 Å². The van der Waals surface area contributed by atoms with E-state index in [2.05, 4.69) is 5.32 Å². The first-order valence-corrected chi connectivity index (χ1v) is 9.34. The summed E-state index contributed by atoms with van der Waals surface area (Å²) in [5.74, 6) is 0. The van der Waals surface area contributed by atoms with Crippen LogP contribution in [0.15, 0.2) is 18.2 Å². The quantitative estimate of drug-likeness (QED) is 0.771. The van der Waals surface area contributed by atoms with Crippen molar-refractivity contribution in [3.8, 4) is 0 Å². The van der Waals surface area contributed by atoms with Gasteiger partial charge in [-0.15, -0.1) is 0 Å². The molecular formula is C20H32BNO5. The van der Waals surface area contributed by atoms with E-state index in [1.54, 1.807) is 13.8 Å². The van der Waals surface area contributed by atoms with Crippen molar-refractivity contribution in [2.75, 3.05) is 6.61 Å². The molecule has 1 aliphatic heterocycles. The van der Waals surface area contributed by atoms with Crippen molar-refractivity contribution in [2.45, 2.75) is 77.9 Å².